The molecule has 2 heterocycles. The average molecular weight is 499 g/mol. The van der Waals surface area contributed by atoms with E-state index in [1.54, 1.807) is 12.3 Å². The monoisotopic (exact) mass is 498 g/mol. The van der Waals surface area contributed by atoms with Crippen LogP contribution in [0.4, 0.5) is 10.2 Å². The molecule has 0 radical (unpaired) electrons. The minimum Gasteiger partial charge on any atom is -0.493 e. The van der Waals surface area contributed by atoms with Gasteiger partial charge in [0.25, 0.3) is 0 Å². The van der Waals surface area contributed by atoms with Crippen LogP contribution in [-0.2, 0) is 16.4 Å². The first kappa shape index (κ1) is 25.1. The largest absolute Gasteiger partial charge is 0.493 e. The minimum atomic E-state index is -3.61. The van der Waals surface area contributed by atoms with Gasteiger partial charge in [-0.05, 0) is 85.1 Å². The molecule has 9 heteroatoms. The number of benzene rings is 2. The number of piperidine rings is 1. The van der Waals surface area contributed by atoms with E-state index in [0.29, 0.717) is 22.6 Å². The van der Waals surface area contributed by atoms with Gasteiger partial charge in [0.2, 0.25) is 10.0 Å². The molecular formula is C26H31FN4O3S. The zero-order valence-electron chi connectivity index (χ0n) is 19.8. The number of primary sulfonamides is 1. The topological polar surface area (TPSA) is 120 Å². The number of hydrogen-bond acceptors (Lipinski definition) is 6. The van der Waals surface area contributed by atoms with E-state index < -0.39 is 15.8 Å². The molecule has 1 fully saturated rings. The summed E-state index contributed by atoms with van der Waals surface area (Å²) in [6, 6.07) is 13.5. The predicted molar refractivity (Wildman–Crippen MR) is 137 cm³/mol. The number of rotatable bonds is 8. The standard InChI is InChI=1S/C26H31FN4O3S/c1-34-25-20(3-2-12-35(29,32)33)13-21(15-24(25)27)23-14-22(16-31-26(23)28)18-6-4-17(5-7-18)19-8-10-30-11-9-19/h4-7,13-16,19,30H,2-3,8-12H2,1H3,(H2,28,31)(H2,29,32,33). The maximum atomic E-state index is 14.9. The molecule has 186 valence electrons. The summed E-state index contributed by atoms with van der Waals surface area (Å²) in [6.45, 7) is 2.08. The van der Waals surface area contributed by atoms with Crippen LogP contribution in [-0.4, -0.2) is 39.4 Å². The van der Waals surface area contributed by atoms with Crippen molar-refractivity contribution in [2.75, 3.05) is 31.7 Å². The highest BCUT2D eigenvalue weighted by atomic mass is 32.2. The number of halogens is 1. The SMILES string of the molecule is COc1c(F)cc(-c2cc(-c3ccc(C4CCNCC4)cc3)cnc2N)cc1CCCS(N)(=O)=O. The average Bonchev–Trinajstić information content (AvgIpc) is 2.84. The lowest BCUT2D eigenvalue weighted by atomic mass is 9.89. The Labute approximate surface area is 205 Å². The molecule has 0 bridgehead atoms. The van der Waals surface area contributed by atoms with Crippen LogP contribution in [0.3, 0.4) is 0 Å². The maximum Gasteiger partial charge on any atom is 0.209 e. The molecular weight excluding hydrogens is 467 g/mol. The fourth-order valence-electron chi connectivity index (χ4n) is 4.65. The normalized spacial score (nSPS) is 14.7. The minimum absolute atomic E-state index is 0.0827. The molecule has 1 saturated heterocycles. The summed E-state index contributed by atoms with van der Waals surface area (Å²) in [4.78, 5) is 4.36. The zero-order chi connectivity index (χ0) is 25.0. The third-order valence-electron chi connectivity index (χ3n) is 6.48. The number of nitrogens with one attached hydrogen (secondary N) is 1. The van der Waals surface area contributed by atoms with Gasteiger partial charge < -0.3 is 15.8 Å². The first-order valence-corrected chi connectivity index (χ1v) is 13.4. The van der Waals surface area contributed by atoms with E-state index in [1.807, 2.05) is 6.07 Å². The van der Waals surface area contributed by atoms with Crippen molar-refractivity contribution in [2.45, 2.75) is 31.6 Å². The Kier molecular flexibility index (Phi) is 7.69. The number of methoxy groups -OCH3 is 1. The number of sulfonamides is 1. The van der Waals surface area contributed by atoms with Gasteiger partial charge in [-0.2, -0.15) is 0 Å². The molecule has 4 rings (SSSR count). The summed E-state index contributed by atoms with van der Waals surface area (Å²) in [5.74, 6) is 0.181. The number of nitrogens with zero attached hydrogens (tertiary/aromatic N) is 1. The van der Waals surface area contributed by atoms with Gasteiger partial charge in [-0.25, -0.2) is 22.9 Å². The number of pyridine rings is 1. The smallest absolute Gasteiger partial charge is 0.209 e. The van der Waals surface area contributed by atoms with Gasteiger partial charge in [-0.15, -0.1) is 0 Å². The molecule has 0 spiro atoms. The fourth-order valence-corrected chi connectivity index (χ4v) is 5.20. The van der Waals surface area contributed by atoms with Gasteiger partial charge in [0.1, 0.15) is 5.82 Å². The van der Waals surface area contributed by atoms with Crippen LogP contribution in [0.1, 0.15) is 36.3 Å². The molecule has 35 heavy (non-hydrogen) atoms. The third-order valence-corrected chi connectivity index (χ3v) is 7.34. The Balaban J connectivity index is 1.64. The van der Waals surface area contributed by atoms with E-state index >= 15 is 0 Å². The second-order valence-corrected chi connectivity index (χ2v) is 10.7. The van der Waals surface area contributed by atoms with E-state index in [4.69, 9.17) is 15.6 Å². The van der Waals surface area contributed by atoms with Crippen molar-refractivity contribution in [2.24, 2.45) is 5.14 Å². The Hall–Kier alpha value is -3.01. The molecule has 0 saturated carbocycles. The van der Waals surface area contributed by atoms with E-state index in [0.717, 1.165) is 37.1 Å². The van der Waals surface area contributed by atoms with Crippen LogP contribution in [0.2, 0.25) is 0 Å². The number of anilines is 1. The van der Waals surface area contributed by atoms with Gasteiger partial charge in [0.05, 0.1) is 12.9 Å². The quantitative estimate of drug-likeness (QED) is 0.434. The molecule has 0 aliphatic carbocycles. The summed E-state index contributed by atoms with van der Waals surface area (Å²) >= 11 is 0. The third kappa shape index (κ3) is 6.17. The summed E-state index contributed by atoms with van der Waals surface area (Å²) < 4.78 is 42.7. The second-order valence-electron chi connectivity index (χ2n) is 8.92. The van der Waals surface area contributed by atoms with Crippen molar-refractivity contribution in [3.63, 3.8) is 0 Å². The summed E-state index contributed by atoms with van der Waals surface area (Å²) in [7, 11) is -2.23. The molecule has 1 aromatic heterocycles. The zero-order valence-corrected chi connectivity index (χ0v) is 20.6. The summed E-state index contributed by atoms with van der Waals surface area (Å²) in [5.41, 5.74) is 11.1. The number of hydrogen-bond donors (Lipinski definition) is 3. The van der Waals surface area contributed by atoms with Gasteiger partial charge in [-0.3, -0.25) is 0 Å². The first-order valence-electron chi connectivity index (χ1n) is 11.7. The molecule has 3 aromatic rings. The van der Waals surface area contributed by atoms with Crippen molar-refractivity contribution in [3.05, 3.63) is 65.6 Å². The van der Waals surface area contributed by atoms with Crippen LogP contribution in [0.25, 0.3) is 22.3 Å². The van der Waals surface area contributed by atoms with E-state index in [-0.39, 0.29) is 30.2 Å². The van der Waals surface area contributed by atoms with Crippen LogP contribution in [0.15, 0.2) is 48.7 Å². The van der Waals surface area contributed by atoms with Crippen LogP contribution in [0.5, 0.6) is 5.75 Å². The first-order chi connectivity index (χ1) is 16.7. The number of aryl methyl sites for hydroxylation is 1. The van der Waals surface area contributed by atoms with Crippen molar-refractivity contribution < 1.29 is 17.5 Å². The lowest BCUT2D eigenvalue weighted by molar-refractivity contribution is 0.381. The van der Waals surface area contributed by atoms with Crippen LogP contribution >= 0.6 is 0 Å². The Morgan fingerprint density at radius 2 is 1.80 bits per heavy atom. The van der Waals surface area contributed by atoms with Crippen molar-refractivity contribution in [3.8, 4) is 28.0 Å². The molecule has 7 nitrogen and oxygen atoms in total. The molecule has 1 aliphatic heterocycles. The number of nitrogens with two attached hydrogens (primary N) is 2. The van der Waals surface area contributed by atoms with Crippen molar-refractivity contribution in [1.29, 1.82) is 0 Å². The van der Waals surface area contributed by atoms with Crippen LogP contribution < -0.4 is 20.9 Å². The second kappa shape index (κ2) is 10.7. The van der Waals surface area contributed by atoms with Crippen molar-refractivity contribution in [1.82, 2.24) is 10.3 Å². The number of nitrogen functional groups attached to an aromatic ring is 1. The molecule has 2 aromatic carbocycles. The molecule has 0 amide bonds. The summed E-state index contributed by atoms with van der Waals surface area (Å²) in [6.07, 6.45) is 4.51. The Bertz CT molecular complexity index is 1290. The lowest BCUT2D eigenvalue weighted by Gasteiger charge is -2.23. The highest BCUT2D eigenvalue weighted by Gasteiger charge is 2.17. The molecule has 5 N–H and O–H groups in total. The Morgan fingerprint density at radius 3 is 2.46 bits per heavy atom. The van der Waals surface area contributed by atoms with Crippen molar-refractivity contribution >= 4 is 15.8 Å². The predicted octanol–water partition coefficient (Wildman–Crippen LogP) is 3.83. The lowest BCUT2D eigenvalue weighted by Crippen LogP contribution is -2.26. The number of aromatic nitrogens is 1. The Morgan fingerprint density at radius 1 is 1.09 bits per heavy atom. The van der Waals surface area contributed by atoms with E-state index in [2.05, 4.69) is 34.6 Å². The number of ether oxygens (including phenoxy) is 1. The van der Waals surface area contributed by atoms with Gasteiger partial charge in [0.15, 0.2) is 11.6 Å². The summed E-state index contributed by atoms with van der Waals surface area (Å²) in [5, 5.41) is 8.50. The molecule has 1 aliphatic rings. The highest BCUT2D eigenvalue weighted by molar-refractivity contribution is 7.89. The van der Waals surface area contributed by atoms with E-state index in [1.165, 1.54) is 18.7 Å². The van der Waals surface area contributed by atoms with E-state index in [9.17, 15) is 12.8 Å². The van der Waals surface area contributed by atoms with Gasteiger partial charge in [0, 0.05) is 17.3 Å². The maximum absolute atomic E-state index is 14.9. The highest BCUT2D eigenvalue weighted by Crippen LogP contribution is 2.35. The molecule has 0 atom stereocenters. The molecule has 0 unspecified atom stereocenters. The van der Waals surface area contributed by atoms with Gasteiger partial charge in [-0.1, -0.05) is 24.3 Å². The van der Waals surface area contributed by atoms with Gasteiger partial charge >= 0.3 is 0 Å². The fraction of sp³-hybridized carbons (Fsp3) is 0.346. The van der Waals surface area contributed by atoms with Crippen LogP contribution in [0, 0.1) is 5.82 Å².